The summed E-state index contributed by atoms with van der Waals surface area (Å²) in [5, 5.41) is 11.1. The number of thioether (sulfide) groups is 1. The molecule has 1 aliphatic rings. The van der Waals surface area contributed by atoms with E-state index in [-0.39, 0.29) is 17.3 Å². The van der Waals surface area contributed by atoms with Gasteiger partial charge in [-0.1, -0.05) is 30.0 Å². The van der Waals surface area contributed by atoms with Crippen molar-refractivity contribution in [3.63, 3.8) is 0 Å². The molecule has 3 rings (SSSR count). The van der Waals surface area contributed by atoms with E-state index in [1.807, 2.05) is 6.92 Å². The molecule has 1 aromatic carbocycles. The highest BCUT2D eigenvalue weighted by atomic mass is 32.2. The van der Waals surface area contributed by atoms with Crippen LogP contribution in [-0.2, 0) is 14.8 Å². The summed E-state index contributed by atoms with van der Waals surface area (Å²) in [4.78, 5) is 12.6. The Morgan fingerprint density at radius 3 is 2.81 bits per heavy atom. The first-order valence-corrected chi connectivity index (χ1v) is 11.7. The lowest BCUT2D eigenvalue weighted by atomic mass is 9.99. The molecule has 0 bridgehead atoms. The van der Waals surface area contributed by atoms with Gasteiger partial charge in [0.15, 0.2) is 4.34 Å². The van der Waals surface area contributed by atoms with Crippen molar-refractivity contribution in [2.45, 2.75) is 29.0 Å². The van der Waals surface area contributed by atoms with Crippen LogP contribution in [0.15, 0.2) is 33.5 Å². The summed E-state index contributed by atoms with van der Waals surface area (Å²) in [5.41, 5.74) is 0. The van der Waals surface area contributed by atoms with Crippen molar-refractivity contribution in [1.82, 2.24) is 14.5 Å². The molecule has 1 unspecified atom stereocenters. The summed E-state index contributed by atoms with van der Waals surface area (Å²) in [6.07, 6.45) is 1.17. The maximum atomic E-state index is 13.1. The number of halogens is 1. The number of rotatable bonds is 6. The van der Waals surface area contributed by atoms with Crippen molar-refractivity contribution >= 4 is 44.2 Å². The van der Waals surface area contributed by atoms with E-state index in [0.717, 1.165) is 22.2 Å². The molecule has 1 aliphatic heterocycles. The number of benzene rings is 1. The number of sulfonamides is 1. The van der Waals surface area contributed by atoms with E-state index in [0.29, 0.717) is 24.5 Å². The fourth-order valence-electron chi connectivity index (χ4n) is 2.78. The number of hydrogen-bond acceptors (Lipinski definition) is 7. The lowest BCUT2D eigenvalue weighted by Gasteiger charge is -2.31. The smallest absolute Gasteiger partial charge is 0.243 e. The van der Waals surface area contributed by atoms with Crippen molar-refractivity contribution in [3.8, 4) is 0 Å². The number of carbonyl (C=O) groups excluding carboxylic acids is 1. The molecule has 0 radical (unpaired) electrons. The van der Waals surface area contributed by atoms with Crippen LogP contribution in [0, 0.1) is 11.7 Å². The molecule has 7 nitrogen and oxygen atoms in total. The van der Waals surface area contributed by atoms with Gasteiger partial charge in [0.1, 0.15) is 5.82 Å². The first-order valence-electron chi connectivity index (χ1n) is 8.43. The number of carbonyl (C=O) groups is 1. The molecule has 2 aromatic rings. The predicted molar refractivity (Wildman–Crippen MR) is 103 cm³/mol. The minimum Gasteiger partial charge on any atom is -0.300 e. The summed E-state index contributed by atoms with van der Waals surface area (Å²) in [5.74, 6) is -0.373. The molecule has 0 aliphatic carbocycles. The fourth-order valence-corrected chi connectivity index (χ4v) is 5.96. The Kier molecular flexibility index (Phi) is 6.45. The number of nitrogens with zero attached hydrogens (tertiary/aromatic N) is 3. The predicted octanol–water partition coefficient (Wildman–Crippen LogP) is 2.83. The molecule has 0 saturated carbocycles. The highest BCUT2D eigenvalue weighted by Crippen LogP contribution is 2.27. The third-order valence-corrected chi connectivity index (χ3v) is 7.84. The minimum absolute atomic E-state index is 0.0234. The number of piperidine rings is 1. The Hall–Kier alpha value is -1.56. The number of aromatic nitrogens is 2. The second kappa shape index (κ2) is 8.63. The van der Waals surface area contributed by atoms with Crippen molar-refractivity contribution in [1.29, 1.82) is 0 Å². The van der Waals surface area contributed by atoms with E-state index in [2.05, 4.69) is 15.5 Å². The van der Waals surface area contributed by atoms with Crippen LogP contribution in [0.4, 0.5) is 9.52 Å². The summed E-state index contributed by atoms with van der Waals surface area (Å²) in [6.45, 7) is 2.42. The maximum Gasteiger partial charge on any atom is 0.243 e. The molecule has 0 spiro atoms. The van der Waals surface area contributed by atoms with Gasteiger partial charge < -0.3 is 5.32 Å². The third kappa shape index (κ3) is 4.84. The van der Waals surface area contributed by atoms with Crippen LogP contribution >= 0.6 is 23.1 Å². The first-order chi connectivity index (χ1) is 12.9. The average molecular weight is 431 g/mol. The van der Waals surface area contributed by atoms with Crippen LogP contribution in [0.1, 0.15) is 19.8 Å². The molecule has 1 fully saturated rings. The Balaban J connectivity index is 1.67. The quantitative estimate of drug-likeness (QED) is 0.560. The van der Waals surface area contributed by atoms with Crippen LogP contribution < -0.4 is 5.32 Å². The fraction of sp³-hybridized carbons (Fsp3) is 0.438. The highest BCUT2D eigenvalue weighted by molar-refractivity contribution is 8.01. The molecule has 1 aromatic heterocycles. The van der Waals surface area contributed by atoms with Gasteiger partial charge in [-0.25, -0.2) is 12.8 Å². The molecular weight excluding hydrogens is 411 g/mol. The van der Waals surface area contributed by atoms with E-state index in [1.54, 1.807) is 11.8 Å². The minimum atomic E-state index is -3.76. The van der Waals surface area contributed by atoms with Crippen LogP contribution in [0.25, 0.3) is 0 Å². The van der Waals surface area contributed by atoms with Gasteiger partial charge >= 0.3 is 0 Å². The van der Waals surface area contributed by atoms with E-state index in [9.17, 15) is 17.6 Å². The first kappa shape index (κ1) is 20.2. The van der Waals surface area contributed by atoms with Gasteiger partial charge in [0.2, 0.25) is 21.1 Å². The topological polar surface area (TPSA) is 92.3 Å². The van der Waals surface area contributed by atoms with E-state index >= 15 is 0 Å². The second-order valence-corrected chi connectivity index (χ2v) is 10.4. The molecule has 1 amide bonds. The molecule has 1 N–H and O–H groups in total. The Morgan fingerprint density at radius 1 is 1.37 bits per heavy atom. The monoisotopic (exact) mass is 430 g/mol. The van der Waals surface area contributed by atoms with Gasteiger partial charge in [0.25, 0.3) is 0 Å². The summed E-state index contributed by atoms with van der Waals surface area (Å²) < 4.78 is 40.6. The summed E-state index contributed by atoms with van der Waals surface area (Å²) >= 11 is 2.84. The average Bonchev–Trinajstić information content (AvgIpc) is 3.09. The van der Waals surface area contributed by atoms with Gasteiger partial charge in [0.05, 0.1) is 10.8 Å². The highest BCUT2D eigenvalue weighted by Gasteiger charge is 2.33. The zero-order chi connectivity index (χ0) is 19.4. The van der Waals surface area contributed by atoms with Crippen molar-refractivity contribution in [3.05, 3.63) is 30.1 Å². The maximum absolute atomic E-state index is 13.1. The SMILES string of the molecule is CCSc1nnc(NC(=O)C2CCCN(S(=O)(=O)c3ccc(F)cc3)C2)s1. The Morgan fingerprint density at radius 2 is 2.11 bits per heavy atom. The van der Waals surface area contributed by atoms with E-state index in [4.69, 9.17) is 0 Å². The second-order valence-electron chi connectivity index (χ2n) is 5.95. The normalized spacial score (nSPS) is 18.4. The van der Waals surface area contributed by atoms with Crippen molar-refractivity contribution < 1.29 is 17.6 Å². The van der Waals surface area contributed by atoms with Crippen molar-refractivity contribution in [2.75, 3.05) is 24.2 Å². The third-order valence-electron chi connectivity index (χ3n) is 4.11. The molecule has 2 heterocycles. The zero-order valence-corrected chi connectivity index (χ0v) is 17.0. The Bertz CT molecular complexity index is 902. The number of nitrogens with one attached hydrogen (secondary N) is 1. The molecule has 146 valence electrons. The molecule has 11 heteroatoms. The summed E-state index contributed by atoms with van der Waals surface area (Å²) in [6, 6.07) is 4.70. The standard InChI is InChI=1S/C16H19FN4O3S3/c1-2-25-16-20-19-15(26-16)18-14(22)11-4-3-9-21(10-11)27(23,24)13-7-5-12(17)6-8-13/h5-8,11H,2-4,9-10H2,1H3,(H,18,19,22). The van der Waals surface area contributed by atoms with Crippen LogP contribution in [-0.4, -0.2) is 47.7 Å². The van der Waals surface area contributed by atoms with Gasteiger partial charge in [-0.3, -0.25) is 4.79 Å². The molecular formula is C16H19FN4O3S3. The number of hydrogen-bond donors (Lipinski definition) is 1. The largest absolute Gasteiger partial charge is 0.300 e. The van der Waals surface area contributed by atoms with Gasteiger partial charge in [-0.2, -0.15) is 4.31 Å². The van der Waals surface area contributed by atoms with E-state index < -0.39 is 21.8 Å². The summed E-state index contributed by atoms with van der Waals surface area (Å²) in [7, 11) is -3.76. The number of anilines is 1. The van der Waals surface area contributed by atoms with Gasteiger partial charge in [-0.05, 0) is 42.9 Å². The molecule has 1 saturated heterocycles. The lowest BCUT2D eigenvalue weighted by Crippen LogP contribution is -2.43. The van der Waals surface area contributed by atoms with Crippen LogP contribution in [0.2, 0.25) is 0 Å². The van der Waals surface area contributed by atoms with Gasteiger partial charge in [-0.15, -0.1) is 10.2 Å². The van der Waals surface area contributed by atoms with Gasteiger partial charge in [0, 0.05) is 13.1 Å². The van der Waals surface area contributed by atoms with E-state index in [1.165, 1.54) is 27.8 Å². The van der Waals surface area contributed by atoms with Crippen LogP contribution in [0.5, 0.6) is 0 Å². The zero-order valence-electron chi connectivity index (χ0n) is 14.6. The Labute approximate surface area is 165 Å². The number of amides is 1. The molecule has 27 heavy (non-hydrogen) atoms. The lowest BCUT2D eigenvalue weighted by molar-refractivity contribution is -0.120. The molecule has 1 atom stereocenters. The van der Waals surface area contributed by atoms with Crippen molar-refractivity contribution in [2.24, 2.45) is 5.92 Å². The van der Waals surface area contributed by atoms with Crippen LogP contribution in [0.3, 0.4) is 0 Å².